The zero-order chi connectivity index (χ0) is 19.2. The van der Waals surface area contributed by atoms with Crippen LogP contribution in [0.4, 0.5) is 13.2 Å². The Bertz CT molecular complexity index is 1040. The van der Waals surface area contributed by atoms with Gasteiger partial charge in [-0.3, -0.25) is 0 Å². The quantitative estimate of drug-likeness (QED) is 0.619. The fourth-order valence-electron chi connectivity index (χ4n) is 3.26. The summed E-state index contributed by atoms with van der Waals surface area (Å²) in [7, 11) is -3.90. The van der Waals surface area contributed by atoms with Gasteiger partial charge in [0.15, 0.2) is 0 Å². The zero-order valence-corrected chi connectivity index (χ0v) is 15.6. The molecular formula is C18H15F3N2O2S2. The molecule has 0 saturated carbocycles. The van der Waals surface area contributed by atoms with Crippen LogP contribution in [0.1, 0.15) is 29.5 Å². The number of sulfonamides is 1. The van der Waals surface area contributed by atoms with Gasteiger partial charge in [0.05, 0.1) is 26.7 Å². The van der Waals surface area contributed by atoms with Crippen molar-refractivity contribution in [2.45, 2.75) is 30.0 Å². The van der Waals surface area contributed by atoms with E-state index in [1.54, 1.807) is 0 Å². The van der Waals surface area contributed by atoms with E-state index in [1.807, 2.05) is 24.3 Å². The van der Waals surface area contributed by atoms with Gasteiger partial charge in [0.2, 0.25) is 10.0 Å². The smallest absolute Gasteiger partial charge is 0.239 e. The lowest BCUT2D eigenvalue weighted by Gasteiger charge is -2.22. The first-order valence-electron chi connectivity index (χ1n) is 8.31. The summed E-state index contributed by atoms with van der Waals surface area (Å²) >= 11 is 1.45. The molecule has 0 radical (unpaired) electrons. The molecule has 2 heterocycles. The van der Waals surface area contributed by atoms with Crippen LogP contribution in [0.3, 0.4) is 0 Å². The number of rotatable bonds is 3. The van der Waals surface area contributed by atoms with E-state index in [1.165, 1.54) is 15.6 Å². The lowest BCUT2D eigenvalue weighted by molar-refractivity contribution is -0.137. The first kappa shape index (κ1) is 18.4. The lowest BCUT2D eigenvalue weighted by atomic mass is 10.2. The van der Waals surface area contributed by atoms with Gasteiger partial charge in [-0.25, -0.2) is 13.4 Å². The Balaban J connectivity index is 1.68. The Morgan fingerprint density at radius 1 is 1.07 bits per heavy atom. The average molecular weight is 412 g/mol. The molecule has 0 spiro atoms. The topological polar surface area (TPSA) is 50.3 Å². The van der Waals surface area contributed by atoms with Gasteiger partial charge in [0, 0.05) is 6.54 Å². The molecule has 2 aromatic carbocycles. The van der Waals surface area contributed by atoms with Gasteiger partial charge < -0.3 is 0 Å². The summed E-state index contributed by atoms with van der Waals surface area (Å²) in [6.07, 6.45) is -3.18. The first-order chi connectivity index (χ1) is 12.8. The van der Waals surface area contributed by atoms with E-state index in [2.05, 4.69) is 4.98 Å². The van der Waals surface area contributed by atoms with Crippen LogP contribution < -0.4 is 0 Å². The molecule has 0 unspecified atom stereocenters. The van der Waals surface area contributed by atoms with Gasteiger partial charge in [-0.2, -0.15) is 17.5 Å². The monoisotopic (exact) mass is 412 g/mol. The van der Waals surface area contributed by atoms with Crippen molar-refractivity contribution >= 4 is 31.6 Å². The number of aromatic nitrogens is 1. The standard InChI is InChI=1S/C18H15F3N2O2S2/c19-18(20,21)12-7-9-13(10-8-12)27(24,25)23-11-3-5-15(23)17-22-14-4-1-2-6-16(14)26-17/h1-2,4,6-10,15H,3,5,11H2/t15-/m0/s1. The van der Waals surface area contributed by atoms with Gasteiger partial charge in [-0.1, -0.05) is 12.1 Å². The van der Waals surface area contributed by atoms with Crippen LogP contribution in [0, 0.1) is 0 Å². The highest BCUT2D eigenvalue weighted by molar-refractivity contribution is 7.89. The van der Waals surface area contributed by atoms with Gasteiger partial charge in [0.25, 0.3) is 0 Å². The molecule has 0 bridgehead atoms. The molecule has 3 aromatic rings. The van der Waals surface area contributed by atoms with E-state index >= 15 is 0 Å². The minimum absolute atomic E-state index is 0.136. The van der Waals surface area contributed by atoms with Gasteiger partial charge >= 0.3 is 6.18 Å². The molecule has 1 saturated heterocycles. The van der Waals surface area contributed by atoms with Crippen molar-refractivity contribution < 1.29 is 21.6 Å². The summed E-state index contributed by atoms with van der Waals surface area (Å²) in [5.74, 6) is 0. The molecule has 1 aromatic heterocycles. The van der Waals surface area contributed by atoms with Crippen LogP contribution in [0.15, 0.2) is 53.4 Å². The largest absolute Gasteiger partial charge is 0.416 e. The van der Waals surface area contributed by atoms with E-state index in [9.17, 15) is 21.6 Å². The number of fused-ring (bicyclic) bond motifs is 1. The minimum Gasteiger partial charge on any atom is -0.239 e. The lowest BCUT2D eigenvalue weighted by Crippen LogP contribution is -2.30. The minimum atomic E-state index is -4.50. The second-order valence-electron chi connectivity index (χ2n) is 6.32. The summed E-state index contributed by atoms with van der Waals surface area (Å²) in [5.41, 5.74) is -0.0538. The van der Waals surface area contributed by atoms with E-state index in [0.717, 1.165) is 34.5 Å². The summed E-state index contributed by atoms with van der Waals surface area (Å²) in [5, 5.41) is 0.712. The van der Waals surface area contributed by atoms with Crippen molar-refractivity contribution in [1.82, 2.24) is 9.29 Å². The predicted molar refractivity (Wildman–Crippen MR) is 96.9 cm³/mol. The van der Waals surface area contributed by atoms with E-state index < -0.39 is 27.8 Å². The fourth-order valence-corrected chi connectivity index (χ4v) is 6.10. The normalized spacial score (nSPS) is 19.0. The zero-order valence-electron chi connectivity index (χ0n) is 14.0. The number of benzene rings is 2. The number of nitrogens with zero attached hydrogens (tertiary/aromatic N) is 2. The third kappa shape index (κ3) is 3.35. The highest BCUT2D eigenvalue weighted by Gasteiger charge is 2.38. The maximum absolute atomic E-state index is 13.0. The molecule has 1 aliphatic heterocycles. The summed E-state index contributed by atoms with van der Waals surface area (Å²) in [6.45, 7) is 0.323. The number of thiazole rings is 1. The predicted octanol–water partition coefficient (Wildman–Crippen LogP) is 4.84. The van der Waals surface area contributed by atoms with Crippen LogP contribution in [0.5, 0.6) is 0 Å². The van der Waals surface area contributed by atoms with Crippen LogP contribution in [-0.2, 0) is 16.2 Å². The second kappa shape index (κ2) is 6.57. The number of halogens is 3. The third-order valence-corrected chi connectivity index (χ3v) is 7.65. The molecule has 4 nitrogen and oxygen atoms in total. The molecule has 1 atom stereocenters. The SMILES string of the molecule is O=S(=O)(c1ccc(C(F)(F)F)cc1)N1CCC[C@H]1c1nc2ccccc2s1. The van der Waals surface area contributed by atoms with Crippen molar-refractivity contribution in [1.29, 1.82) is 0 Å². The Kier molecular flexibility index (Phi) is 4.48. The molecule has 27 heavy (non-hydrogen) atoms. The molecule has 4 rings (SSSR count). The average Bonchev–Trinajstić information content (AvgIpc) is 3.28. The Hall–Kier alpha value is -1.97. The number of para-hydroxylation sites is 1. The van der Waals surface area contributed by atoms with Crippen molar-refractivity contribution in [3.63, 3.8) is 0 Å². The maximum atomic E-state index is 13.0. The maximum Gasteiger partial charge on any atom is 0.416 e. The molecule has 0 N–H and O–H groups in total. The van der Waals surface area contributed by atoms with Crippen LogP contribution in [0.25, 0.3) is 10.2 Å². The van der Waals surface area contributed by atoms with Gasteiger partial charge in [0.1, 0.15) is 5.01 Å². The van der Waals surface area contributed by atoms with Gasteiger partial charge in [-0.15, -0.1) is 11.3 Å². The van der Waals surface area contributed by atoms with Crippen molar-refractivity contribution in [2.75, 3.05) is 6.54 Å². The first-order valence-corrected chi connectivity index (χ1v) is 10.6. The Morgan fingerprint density at radius 3 is 2.44 bits per heavy atom. The molecule has 1 aliphatic rings. The van der Waals surface area contributed by atoms with E-state index in [0.29, 0.717) is 24.4 Å². The second-order valence-corrected chi connectivity index (χ2v) is 9.27. The number of hydrogen-bond acceptors (Lipinski definition) is 4. The fraction of sp³-hybridized carbons (Fsp3) is 0.278. The summed E-state index contributed by atoms with van der Waals surface area (Å²) in [4.78, 5) is 4.43. The summed E-state index contributed by atoms with van der Waals surface area (Å²) < 4.78 is 66.6. The molecule has 0 aliphatic carbocycles. The number of hydrogen-bond donors (Lipinski definition) is 0. The van der Waals surface area contributed by atoms with E-state index in [4.69, 9.17) is 0 Å². The van der Waals surface area contributed by atoms with Crippen LogP contribution >= 0.6 is 11.3 Å². The van der Waals surface area contributed by atoms with Gasteiger partial charge in [-0.05, 0) is 49.2 Å². The molecular weight excluding hydrogens is 397 g/mol. The molecule has 142 valence electrons. The summed E-state index contributed by atoms with van der Waals surface area (Å²) in [6, 6.07) is 10.8. The highest BCUT2D eigenvalue weighted by Crippen LogP contribution is 2.40. The Morgan fingerprint density at radius 2 is 1.78 bits per heavy atom. The molecule has 1 fully saturated rings. The van der Waals surface area contributed by atoms with Crippen molar-refractivity contribution in [3.05, 3.63) is 59.1 Å². The van der Waals surface area contributed by atoms with Crippen molar-refractivity contribution in [3.8, 4) is 0 Å². The van der Waals surface area contributed by atoms with Crippen LogP contribution in [0.2, 0.25) is 0 Å². The van der Waals surface area contributed by atoms with Crippen LogP contribution in [-0.4, -0.2) is 24.3 Å². The van der Waals surface area contributed by atoms with Crippen molar-refractivity contribution in [2.24, 2.45) is 0 Å². The van der Waals surface area contributed by atoms with E-state index in [-0.39, 0.29) is 4.90 Å². The third-order valence-electron chi connectivity index (χ3n) is 4.59. The number of alkyl halides is 3. The molecule has 9 heteroatoms. The Labute approximate surface area is 158 Å². The highest BCUT2D eigenvalue weighted by atomic mass is 32.2. The molecule has 0 amide bonds.